The van der Waals surface area contributed by atoms with Crippen LogP contribution in [0.2, 0.25) is 0 Å². The first-order valence-electron chi connectivity index (χ1n) is 7.40. The van der Waals surface area contributed by atoms with E-state index in [4.69, 9.17) is 10.5 Å². The predicted octanol–water partition coefficient (Wildman–Crippen LogP) is -0.0545. The van der Waals surface area contributed by atoms with Crippen molar-refractivity contribution in [2.45, 2.75) is 26.5 Å². The lowest BCUT2D eigenvalue weighted by Gasteiger charge is -2.21. The molecule has 0 fully saturated rings. The molecule has 0 saturated heterocycles. The fourth-order valence-electron chi connectivity index (χ4n) is 1.83. The van der Waals surface area contributed by atoms with Gasteiger partial charge in [-0.2, -0.15) is 0 Å². The minimum atomic E-state index is -0.743. The second kappa shape index (κ2) is 9.58. The summed E-state index contributed by atoms with van der Waals surface area (Å²) in [6.07, 6.45) is 0. The van der Waals surface area contributed by atoms with Gasteiger partial charge in [0.25, 0.3) is 0 Å². The summed E-state index contributed by atoms with van der Waals surface area (Å²) < 4.78 is 5.06. The van der Waals surface area contributed by atoms with Crippen molar-refractivity contribution in [3.63, 3.8) is 0 Å². The van der Waals surface area contributed by atoms with Crippen LogP contribution in [-0.2, 0) is 25.7 Å². The zero-order valence-corrected chi connectivity index (χ0v) is 13.4. The number of ether oxygens (including phenoxy) is 1. The fraction of sp³-hybridized carbons (Fsp3) is 0.438. The number of nitrogens with two attached hydrogens (primary N) is 1. The maximum absolute atomic E-state index is 12.0. The van der Waals surface area contributed by atoms with Crippen LogP contribution in [0.1, 0.15) is 19.4 Å². The molecule has 0 aromatic heterocycles. The number of amides is 2. The monoisotopic (exact) mass is 321 g/mol. The van der Waals surface area contributed by atoms with Crippen molar-refractivity contribution in [1.82, 2.24) is 10.6 Å². The summed E-state index contributed by atoms with van der Waals surface area (Å²) in [5, 5.41) is 4.98. The van der Waals surface area contributed by atoms with E-state index in [0.29, 0.717) is 0 Å². The van der Waals surface area contributed by atoms with Crippen molar-refractivity contribution in [1.29, 1.82) is 0 Å². The van der Waals surface area contributed by atoms with Gasteiger partial charge in [-0.15, -0.1) is 0 Å². The second-order valence-electron chi connectivity index (χ2n) is 5.36. The summed E-state index contributed by atoms with van der Waals surface area (Å²) in [5.41, 5.74) is 6.08. The Bertz CT molecular complexity index is 531. The largest absolute Gasteiger partial charge is 0.460 e. The molecule has 0 aliphatic carbocycles. The van der Waals surface area contributed by atoms with Crippen LogP contribution in [0.3, 0.4) is 0 Å². The van der Waals surface area contributed by atoms with Crippen molar-refractivity contribution in [2.75, 3.05) is 13.1 Å². The number of rotatable bonds is 8. The lowest BCUT2D eigenvalue weighted by Crippen LogP contribution is -2.52. The Morgan fingerprint density at radius 2 is 1.83 bits per heavy atom. The highest BCUT2D eigenvalue weighted by atomic mass is 16.5. The van der Waals surface area contributed by atoms with Gasteiger partial charge in [-0.25, -0.2) is 0 Å². The van der Waals surface area contributed by atoms with E-state index >= 15 is 0 Å². The number of benzene rings is 1. The van der Waals surface area contributed by atoms with Crippen LogP contribution in [0.5, 0.6) is 0 Å². The minimum Gasteiger partial charge on any atom is -0.460 e. The van der Waals surface area contributed by atoms with E-state index < -0.39 is 23.8 Å². The summed E-state index contributed by atoms with van der Waals surface area (Å²) in [4.78, 5) is 35.0. The third-order valence-corrected chi connectivity index (χ3v) is 3.10. The number of nitrogens with one attached hydrogen (secondary N) is 2. The van der Waals surface area contributed by atoms with Crippen LogP contribution in [0.25, 0.3) is 0 Å². The van der Waals surface area contributed by atoms with Crippen molar-refractivity contribution < 1.29 is 19.1 Å². The van der Waals surface area contributed by atoms with E-state index in [-0.39, 0.29) is 25.6 Å². The van der Waals surface area contributed by atoms with Crippen LogP contribution in [-0.4, -0.2) is 36.9 Å². The lowest BCUT2D eigenvalue weighted by atomic mass is 10.0. The van der Waals surface area contributed by atoms with Crippen LogP contribution in [0.4, 0.5) is 0 Å². The third kappa shape index (κ3) is 6.92. The Balaban J connectivity index is 2.40. The van der Waals surface area contributed by atoms with E-state index in [1.54, 1.807) is 13.8 Å². The van der Waals surface area contributed by atoms with E-state index in [9.17, 15) is 14.4 Å². The molecule has 4 N–H and O–H groups in total. The van der Waals surface area contributed by atoms with Gasteiger partial charge in [-0.3, -0.25) is 14.4 Å². The highest BCUT2D eigenvalue weighted by Crippen LogP contribution is 2.02. The molecule has 0 radical (unpaired) electrons. The number of carbonyl (C=O) groups is 3. The number of hydrogen-bond acceptors (Lipinski definition) is 5. The molecule has 0 spiro atoms. The maximum Gasteiger partial charge on any atom is 0.325 e. The van der Waals surface area contributed by atoms with Crippen LogP contribution >= 0.6 is 0 Å². The van der Waals surface area contributed by atoms with E-state index in [2.05, 4.69) is 10.6 Å². The fourth-order valence-corrected chi connectivity index (χ4v) is 1.83. The molecule has 126 valence electrons. The smallest absolute Gasteiger partial charge is 0.325 e. The van der Waals surface area contributed by atoms with Gasteiger partial charge in [0.2, 0.25) is 11.8 Å². The average Bonchev–Trinajstić information content (AvgIpc) is 2.56. The van der Waals surface area contributed by atoms with Gasteiger partial charge in [-0.05, 0) is 11.5 Å². The molecule has 0 aliphatic heterocycles. The molecule has 7 heteroatoms. The maximum atomic E-state index is 12.0. The molecular weight excluding hydrogens is 298 g/mol. The Kier molecular flexibility index (Phi) is 7.76. The van der Waals surface area contributed by atoms with Gasteiger partial charge >= 0.3 is 5.97 Å². The molecule has 2 amide bonds. The number of carbonyl (C=O) groups excluding carboxylic acids is 3. The zero-order valence-electron chi connectivity index (χ0n) is 13.4. The van der Waals surface area contributed by atoms with E-state index in [0.717, 1.165) is 5.56 Å². The zero-order chi connectivity index (χ0) is 17.2. The van der Waals surface area contributed by atoms with Crippen molar-refractivity contribution >= 4 is 17.8 Å². The Hall–Kier alpha value is -2.41. The van der Waals surface area contributed by atoms with Crippen molar-refractivity contribution in [3.05, 3.63) is 35.9 Å². The van der Waals surface area contributed by atoms with E-state index in [1.807, 2.05) is 30.3 Å². The average molecular weight is 321 g/mol. The SMILES string of the molecule is CC(C)[C@H](NC(=O)CN)C(=O)NCC(=O)OCc1ccccc1. The first-order chi connectivity index (χ1) is 10.9. The lowest BCUT2D eigenvalue weighted by molar-refractivity contribution is -0.145. The Morgan fingerprint density at radius 3 is 2.39 bits per heavy atom. The molecular formula is C16H23N3O4. The predicted molar refractivity (Wildman–Crippen MR) is 85.1 cm³/mol. The Morgan fingerprint density at radius 1 is 1.17 bits per heavy atom. The molecule has 7 nitrogen and oxygen atoms in total. The van der Waals surface area contributed by atoms with Crippen molar-refractivity contribution in [3.8, 4) is 0 Å². The molecule has 1 rings (SSSR count). The molecule has 0 heterocycles. The second-order valence-corrected chi connectivity index (χ2v) is 5.36. The highest BCUT2D eigenvalue weighted by molar-refractivity contribution is 5.90. The molecule has 0 saturated carbocycles. The molecule has 0 aliphatic rings. The summed E-state index contributed by atoms with van der Waals surface area (Å²) >= 11 is 0. The van der Waals surface area contributed by atoms with E-state index in [1.165, 1.54) is 0 Å². The normalized spacial score (nSPS) is 11.7. The quantitative estimate of drug-likeness (QED) is 0.581. The molecule has 1 atom stereocenters. The van der Waals surface area contributed by atoms with Crippen LogP contribution in [0.15, 0.2) is 30.3 Å². The first kappa shape index (κ1) is 18.6. The van der Waals surface area contributed by atoms with Gasteiger partial charge < -0.3 is 21.1 Å². The van der Waals surface area contributed by atoms with Gasteiger partial charge in [-0.1, -0.05) is 44.2 Å². The first-order valence-corrected chi connectivity index (χ1v) is 7.40. The van der Waals surface area contributed by atoms with Gasteiger partial charge in [0.05, 0.1) is 6.54 Å². The molecule has 1 aromatic rings. The molecule has 0 unspecified atom stereocenters. The summed E-state index contributed by atoms with van der Waals surface area (Å²) in [6, 6.07) is 8.49. The molecule has 1 aromatic carbocycles. The van der Waals surface area contributed by atoms with Gasteiger partial charge in [0.15, 0.2) is 0 Å². The van der Waals surface area contributed by atoms with Crippen LogP contribution in [0, 0.1) is 5.92 Å². The summed E-state index contributed by atoms with van der Waals surface area (Å²) in [5.74, 6) is -1.55. The molecule has 0 bridgehead atoms. The summed E-state index contributed by atoms with van der Waals surface area (Å²) in [6.45, 7) is 3.26. The van der Waals surface area contributed by atoms with Crippen molar-refractivity contribution in [2.24, 2.45) is 11.7 Å². The highest BCUT2D eigenvalue weighted by Gasteiger charge is 2.24. The van der Waals surface area contributed by atoms with Crippen LogP contribution < -0.4 is 16.4 Å². The number of esters is 1. The number of hydrogen-bond donors (Lipinski definition) is 3. The molecule has 23 heavy (non-hydrogen) atoms. The standard InChI is InChI=1S/C16H23N3O4/c1-11(2)15(19-13(20)8-17)16(22)18-9-14(21)23-10-12-6-4-3-5-7-12/h3-7,11,15H,8-10,17H2,1-2H3,(H,18,22)(H,19,20)/t15-/m0/s1. The van der Waals surface area contributed by atoms with Gasteiger partial charge in [0, 0.05) is 0 Å². The topological polar surface area (TPSA) is 111 Å². The summed E-state index contributed by atoms with van der Waals surface area (Å²) in [7, 11) is 0. The van der Waals surface area contributed by atoms with Gasteiger partial charge in [0.1, 0.15) is 19.2 Å². The Labute approximate surface area is 135 Å². The third-order valence-electron chi connectivity index (χ3n) is 3.10. The minimum absolute atomic E-state index is 0.133.